The molecule has 6 nitrogen and oxygen atoms in total. The third-order valence-electron chi connectivity index (χ3n) is 2.75. The number of nitrogens with zero attached hydrogens (tertiary/aromatic N) is 3. The zero-order valence-electron chi connectivity index (χ0n) is 11.3. The minimum Gasteiger partial charge on any atom is -0.430 e. The van der Waals surface area contributed by atoms with E-state index in [-0.39, 0.29) is 27.9 Å². The fraction of sp³-hybridized carbons (Fsp3) is 0.143. The summed E-state index contributed by atoms with van der Waals surface area (Å²) in [6, 6.07) is 7.76. The average molecular weight is 304 g/mol. The molecular weight excluding hydrogens is 294 g/mol. The molecule has 0 aliphatic heterocycles. The second-order valence-corrected chi connectivity index (χ2v) is 4.78. The first kappa shape index (κ1) is 14.8. The van der Waals surface area contributed by atoms with Crippen LogP contribution in [0, 0.1) is 35.3 Å². The third-order valence-corrected chi connectivity index (χ3v) is 2.98. The van der Waals surface area contributed by atoms with E-state index in [0.29, 0.717) is 11.3 Å². The van der Waals surface area contributed by atoms with Crippen molar-refractivity contribution in [3.8, 4) is 17.7 Å². The molecule has 0 atom stereocenters. The SMILES string of the molecule is Cc1cc(C)c(C#N)c(Oc2ccc(Cl)cc2[N+](=O)[O-])n1. The van der Waals surface area contributed by atoms with Crippen LogP contribution in [0.5, 0.6) is 11.6 Å². The molecule has 0 saturated carbocycles. The number of hydrogen-bond donors (Lipinski definition) is 0. The van der Waals surface area contributed by atoms with Gasteiger partial charge in [-0.2, -0.15) is 5.26 Å². The van der Waals surface area contributed by atoms with E-state index in [2.05, 4.69) is 4.98 Å². The highest BCUT2D eigenvalue weighted by Crippen LogP contribution is 2.34. The van der Waals surface area contributed by atoms with E-state index >= 15 is 0 Å². The van der Waals surface area contributed by atoms with Gasteiger partial charge in [0.1, 0.15) is 11.6 Å². The van der Waals surface area contributed by atoms with Crippen molar-refractivity contribution in [1.82, 2.24) is 4.98 Å². The number of nitro groups is 1. The van der Waals surface area contributed by atoms with Gasteiger partial charge in [0.25, 0.3) is 0 Å². The van der Waals surface area contributed by atoms with Crippen molar-refractivity contribution in [3.63, 3.8) is 0 Å². The number of rotatable bonds is 3. The van der Waals surface area contributed by atoms with Gasteiger partial charge in [-0.05, 0) is 37.6 Å². The van der Waals surface area contributed by atoms with E-state index < -0.39 is 4.92 Å². The van der Waals surface area contributed by atoms with Crippen molar-refractivity contribution in [2.75, 3.05) is 0 Å². The van der Waals surface area contributed by atoms with Crippen molar-refractivity contribution < 1.29 is 9.66 Å². The van der Waals surface area contributed by atoms with Crippen molar-refractivity contribution in [3.05, 3.63) is 56.2 Å². The highest BCUT2D eigenvalue weighted by molar-refractivity contribution is 6.30. The molecule has 1 aromatic heterocycles. The van der Waals surface area contributed by atoms with Crippen LogP contribution in [0.3, 0.4) is 0 Å². The molecule has 0 aliphatic carbocycles. The zero-order valence-corrected chi connectivity index (χ0v) is 12.0. The molecule has 106 valence electrons. The van der Waals surface area contributed by atoms with E-state index in [1.807, 2.05) is 6.07 Å². The largest absolute Gasteiger partial charge is 0.430 e. The maximum absolute atomic E-state index is 11.0. The summed E-state index contributed by atoms with van der Waals surface area (Å²) in [5.41, 5.74) is 1.30. The van der Waals surface area contributed by atoms with Gasteiger partial charge < -0.3 is 4.74 Å². The summed E-state index contributed by atoms with van der Waals surface area (Å²) in [5, 5.41) is 20.4. The lowest BCUT2D eigenvalue weighted by Crippen LogP contribution is -1.99. The highest BCUT2D eigenvalue weighted by atomic mass is 35.5. The predicted octanol–water partition coefficient (Wildman–Crippen LogP) is 3.92. The first-order chi connectivity index (χ1) is 9.92. The topological polar surface area (TPSA) is 89.0 Å². The third kappa shape index (κ3) is 3.09. The lowest BCUT2D eigenvalue weighted by molar-refractivity contribution is -0.385. The number of aryl methyl sites for hydroxylation is 2. The number of nitriles is 1. The Bertz CT molecular complexity index is 769. The maximum atomic E-state index is 11.0. The Hall–Kier alpha value is -2.65. The Morgan fingerprint density at radius 2 is 2.10 bits per heavy atom. The molecule has 0 N–H and O–H groups in total. The molecule has 0 spiro atoms. The van der Waals surface area contributed by atoms with Crippen LogP contribution < -0.4 is 4.74 Å². The Labute approximate surface area is 125 Å². The number of benzene rings is 1. The van der Waals surface area contributed by atoms with Crippen molar-refractivity contribution >= 4 is 17.3 Å². The van der Waals surface area contributed by atoms with Crippen LogP contribution in [0.1, 0.15) is 16.8 Å². The highest BCUT2D eigenvalue weighted by Gasteiger charge is 2.19. The minimum atomic E-state index is -0.601. The van der Waals surface area contributed by atoms with Crippen LogP contribution in [0.2, 0.25) is 5.02 Å². The smallest absolute Gasteiger partial charge is 0.313 e. The zero-order chi connectivity index (χ0) is 15.6. The number of nitro benzene ring substituents is 1. The molecule has 1 heterocycles. The molecule has 0 aliphatic rings. The molecule has 1 aromatic carbocycles. The van der Waals surface area contributed by atoms with Gasteiger partial charge in [-0.25, -0.2) is 4.98 Å². The van der Waals surface area contributed by atoms with Crippen LogP contribution in [-0.4, -0.2) is 9.91 Å². The van der Waals surface area contributed by atoms with Crippen molar-refractivity contribution in [2.24, 2.45) is 0 Å². The van der Waals surface area contributed by atoms with Gasteiger partial charge >= 0.3 is 5.69 Å². The van der Waals surface area contributed by atoms with Crippen LogP contribution >= 0.6 is 11.6 Å². The normalized spacial score (nSPS) is 10.0. The van der Waals surface area contributed by atoms with E-state index in [4.69, 9.17) is 21.6 Å². The van der Waals surface area contributed by atoms with E-state index in [9.17, 15) is 10.1 Å². The van der Waals surface area contributed by atoms with Gasteiger partial charge in [0.05, 0.1) is 4.92 Å². The van der Waals surface area contributed by atoms with Gasteiger partial charge in [-0.3, -0.25) is 10.1 Å². The summed E-state index contributed by atoms with van der Waals surface area (Å²) in [5.74, 6) is 0.0267. The summed E-state index contributed by atoms with van der Waals surface area (Å²) in [4.78, 5) is 14.6. The van der Waals surface area contributed by atoms with Crippen LogP contribution in [0.4, 0.5) is 5.69 Å². The number of aromatic nitrogens is 1. The fourth-order valence-corrected chi connectivity index (χ4v) is 2.00. The monoisotopic (exact) mass is 303 g/mol. The number of pyridine rings is 1. The molecule has 2 aromatic rings. The molecule has 0 saturated heterocycles. The van der Waals surface area contributed by atoms with Crippen LogP contribution in [0.25, 0.3) is 0 Å². The Morgan fingerprint density at radius 3 is 2.71 bits per heavy atom. The summed E-state index contributed by atoms with van der Waals surface area (Å²) in [6.45, 7) is 3.49. The maximum Gasteiger partial charge on any atom is 0.313 e. The molecular formula is C14H10ClN3O3. The second-order valence-electron chi connectivity index (χ2n) is 4.34. The first-order valence-corrected chi connectivity index (χ1v) is 6.30. The number of halogens is 1. The lowest BCUT2D eigenvalue weighted by atomic mass is 10.1. The standard InChI is InChI=1S/C14H10ClN3O3/c1-8-5-9(2)17-14(11(8)7-16)21-13-4-3-10(15)6-12(13)18(19)20/h3-6H,1-2H3. The average Bonchev–Trinajstić information content (AvgIpc) is 2.40. The Balaban J connectivity index is 2.53. The summed E-state index contributed by atoms with van der Waals surface area (Å²) >= 11 is 5.74. The molecule has 0 fully saturated rings. The van der Waals surface area contributed by atoms with Crippen molar-refractivity contribution in [2.45, 2.75) is 13.8 Å². The molecule has 0 bridgehead atoms. The molecule has 0 radical (unpaired) electrons. The Morgan fingerprint density at radius 1 is 1.38 bits per heavy atom. The summed E-state index contributed by atoms with van der Waals surface area (Å²) in [7, 11) is 0. The quantitative estimate of drug-likeness (QED) is 0.633. The predicted molar refractivity (Wildman–Crippen MR) is 76.6 cm³/mol. The van der Waals surface area contributed by atoms with Gasteiger partial charge in [0.15, 0.2) is 0 Å². The van der Waals surface area contributed by atoms with Crippen LogP contribution in [-0.2, 0) is 0 Å². The van der Waals surface area contributed by atoms with Gasteiger partial charge in [0.2, 0.25) is 11.6 Å². The molecule has 21 heavy (non-hydrogen) atoms. The Kier molecular flexibility index (Phi) is 4.05. The summed E-state index contributed by atoms with van der Waals surface area (Å²) < 4.78 is 5.48. The lowest BCUT2D eigenvalue weighted by Gasteiger charge is -2.09. The molecule has 0 amide bonds. The first-order valence-electron chi connectivity index (χ1n) is 5.92. The molecule has 0 unspecified atom stereocenters. The fourth-order valence-electron chi connectivity index (χ4n) is 1.84. The second kappa shape index (κ2) is 5.77. The molecule has 7 heteroatoms. The number of ether oxygens (including phenoxy) is 1. The molecule has 2 rings (SSSR count). The van der Waals surface area contributed by atoms with Gasteiger partial charge in [0, 0.05) is 16.8 Å². The van der Waals surface area contributed by atoms with Gasteiger partial charge in [-0.15, -0.1) is 0 Å². The van der Waals surface area contributed by atoms with Crippen molar-refractivity contribution in [1.29, 1.82) is 5.26 Å². The summed E-state index contributed by atoms with van der Waals surface area (Å²) in [6.07, 6.45) is 0. The van der Waals surface area contributed by atoms with E-state index in [1.54, 1.807) is 19.9 Å². The minimum absolute atomic E-state index is 0.0154. The van der Waals surface area contributed by atoms with Crippen LogP contribution in [0.15, 0.2) is 24.3 Å². The van der Waals surface area contributed by atoms with E-state index in [1.165, 1.54) is 18.2 Å². The van der Waals surface area contributed by atoms with Gasteiger partial charge in [-0.1, -0.05) is 11.6 Å². The van der Waals surface area contributed by atoms with E-state index in [0.717, 1.165) is 0 Å². The number of hydrogen-bond acceptors (Lipinski definition) is 5.